The minimum absolute atomic E-state index is 0. The number of carbonyl (C=O) groups excluding carboxylic acids is 1. The van der Waals surface area contributed by atoms with Gasteiger partial charge in [-0.05, 0) is 20.8 Å². The Bertz CT molecular complexity index is 398. The highest BCUT2D eigenvalue weighted by Crippen LogP contribution is 2.21. The first-order chi connectivity index (χ1) is 8.45. The van der Waals surface area contributed by atoms with E-state index < -0.39 is 6.04 Å². The molecule has 0 fully saturated rings. The first-order valence-corrected chi connectivity index (χ1v) is 6.90. The molecule has 5 nitrogen and oxygen atoms in total. The number of likely N-dealkylation sites (N-methyl/N-ethyl adjacent to an activating group) is 1. The molecule has 110 valence electrons. The van der Waals surface area contributed by atoms with Crippen molar-refractivity contribution in [2.45, 2.75) is 39.5 Å². The van der Waals surface area contributed by atoms with Crippen molar-refractivity contribution in [1.29, 1.82) is 0 Å². The van der Waals surface area contributed by atoms with Gasteiger partial charge in [-0.15, -0.1) is 23.7 Å². The summed E-state index contributed by atoms with van der Waals surface area (Å²) in [5.41, 5.74) is 6.43. The van der Waals surface area contributed by atoms with Gasteiger partial charge in [-0.3, -0.25) is 4.79 Å². The predicted octanol–water partition coefficient (Wildman–Crippen LogP) is 1.97. The van der Waals surface area contributed by atoms with E-state index in [2.05, 4.69) is 4.98 Å². The summed E-state index contributed by atoms with van der Waals surface area (Å²) in [5.74, 6) is -0.0811. The zero-order chi connectivity index (χ0) is 13.7. The minimum atomic E-state index is -0.476. The van der Waals surface area contributed by atoms with Crippen molar-refractivity contribution in [3.8, 4) is 0 Å². The highest BCUT2D eigenvalue weighted by molar-refractivity contribution is 7.09. The molecular formula is C12H22ClN3O2S. The molecule has 2 atom stereocenters. The van der Waals surface area contributed by atoms with Crippen LogP contribution in [0.4, 0.5) is 0 Å². The number of nitrogens with zero attached hydrogens (tertiary/aromatic N) is 2. The van der Waals surface area contributed by atoms with Gasteiger partial charge in [0.2, 0.25) is 5.91 Å². The highest BCUT2D eigenvalue weighted by atomic mass is 35.5. The number of amides is 1. The van der Waals surface area contributed by atoms with E-state index in [9.17, 15) is 4.79 Å². The van der Waals surface area contributed by atoms with E-state index in [0.717, 1.165) is 10.7 Å². The maximum atomic E-state index is 11.6. The molecule has 0 aliphatic rings. The van der Waals surface area contributed by atoms with Crippen LogP contribution in [0.1, 0.15) is 37.6 Å². The van der Waals surface area contributed by atoms with Crippen molar-refractivity contribution >= 4 is 29.7 Å². The number of aromatic nitrogens is 1. The zero-order valence-electron chi connectivity index (χ0n) is 11.8. The van der Waals surface area contributed by atoms with Gasteiger partial charge in [-0.1, -0.05) is 0 Å². The van der Waals surface area contributed by atoms with Crippen LogP contribution >= 0.6 is 23.7 Å². The van der Waals surface area contributed by atoms with E-state index in [1.807, 2.05) is 19.2 Å². The van der Waals surface area contributed by atoms with Crippen LogP contribution in [0.25, 0.3) is 0 Å². The summed E-state index contributed by atoms with van der Waals surface area (Å²) in [6, 6.07) is -0.476. The Hall–Kier alpha value is -0.690. The highest BCUT2D eigenvalue weighted by Gasteiger charge is 2.16. The van der Waals surface area contributed by atoms with Crippen LogP contribution in [0.15, 0.2) is 5.38 Å². The fourth-order valence-corrected chi connectivity index (χ4v) is 2.39. The molecule has 0 aliphatic heterocycles. The summed E-state index contributed by atoms with van der Waals surface area (Å²) in [6.07, 6.45) is 0.00295. The lowest BCUT2D eigenvalue weighted by atomic mass is 10.3. The number of ether oxygens (including phenoxy) is 1. The molecule has 1 aromatic rings. The van der Waals surface area contributed by atoms with Crippen molar-refractivity contribution in [1.82, 2.24) is 9.88 Å². The van der Waals surface area contributed by atoms with Crippen LogP contribution in [0.2, 0.25) is 0 Å². The van der Waals surface area contributed by atoms with E-state index in [0.29, 0.717) is 13.2 Å². The molecule has 1 amide bonds. The molecular weight excluding hydrogens is 286 g/mol. The van der Waals surface area contributed by atoms with Crippen LogP contribution in [-0.2, 0) is 16.1 Å². The van der Waals surface area contributed by atoms with Crippen molar-refractivity contribution in [2.75, 3.05) is 13.7 Å². The molecule has 0 radical (unpaired) electrons. The number of halogens is 1. The monoisotopic (exact) mass is 307 g/mol. The van der Waals surface area contributed by atoms with E-state index in [4.69, 9.17) is 10.5 Å². The van der Waals surface area contributed by atoms with Crippen molar-refractivity contribution < 1.29 is 9.53 Å². The topological polar surface area (TPSA) is 68.5 Å². The molecule has 1 rings (SSSR count). The van der Waals surface area contributed by atoms with Crippen LogP contribution in [-0.4, -0.2) is 35.5 Å². The Balaban J connectivity index is 0.00000324. The molecule has 0 bridgehead atoms. The summed E-state index contributed by atoms with van der Waals surface area (Å²) in [5, 5.41) is 2.89. The quantitative estimate of drug-likeness (QED) is 0.872. The molecule has 0 saturated carbocycles. The normalized spacial score (nSPS) is 13.5. The molecule has 2 N–H and O–H groups in total. The summed E-state index contributed by atoms with van der Waals surface area (Å²) in [6.45, 7) is 6.76. The van der Waals surface area contributed by atoms with Crippen LogP contribution in [0.5, 0.6) is 0 Å². The Morgan fingerprint density at radius 2 is 2.21 bits per heavy atom. The number of carbonyl (C=O) groups is 1. The molecule has 0 spiro atoms. The summed E-state index contributed by atoms with van der Waals surface area (Å²) in [7, 11) is 1.73. The van der Waals surface area contributed by atoms with Gasteiger partial charge < -0.3 is 15.4 Å². The fraction of sp³-hybridized carbons (Fsp3) is 0.667. The molecule has 0 saturated heterocycles. The molecule has 1 heterocycles. The fourth-order valence-electron chi connectivity index (χ4n) is 1.57. The van der Waals surface area contributed by atoms with Gasteiger partial charge in [-0.25, -0.2) is 4.98 Å². The van der Waals surface area contributed by atoms with Gasteiger partial charge in [0, 0.05) is 19.0 Å². The van der Waals surface area contributed by atoms with Crippen LogP contribution < -0.4 is 5.73 Å². The van der Waals surface area contributed by atoms with Gasteiger partial charge in [-0.2, -0.15) is 0 Å². The lowest BCUT2D eigenvalue weighted by Gasteiger charge is -2.17. The Morgan fingerprint density at radius 1 is 1.58 bits per heavy atom. The molecule has 1 aromatic heterocycles. The number of hydrogen-bond acceptors (Lipinski definition) is 5. The summed E-state index contributed by atoms with van der Waals surface area (Å²) >= 11 is 1.55. The zero-order valence-corrected chi connectivity index (χ0v) is 13.4. The maximum Gasteiger partial charge on any atom is 0.239 e. The second-order valence-corrected chi connectivity index (χ2v) is 5.15. The maximum absolute atomic E-state index is 11.6. The van der Waals surface area contributed by atoms with Gasteiger partial charge in [0.15, 0.2) is 0 Å². The van der Waals surface area contributed by atoms with E-state index >= 15 is 0 Å². The van der Waals surface area contributed by atoms with Gasteiger partial charge in [0.1, 0.15) is 11.1 Å². The first kappa shape index (κ1) is 18.3. The standard InChI is InChI=1S/C12H21N3O2S.ClH/c1-5-17-9(3)11-14-10(7-18-11)6-15(4)12(16)8(2)13;/h7-9H,5-6,13H2,1-4H3;1H. The average molecular weight is 308 g/mol. The first-order valence-electron chi connectivity index (χ1n) is 6.02. The second kappa shape index (κ2) is 8.47. The van der Waals surface area contributed by atoms with E-state index in [-0.39, 0.29) is 24.4 Å². The summed E-state index contributed by atoms with van der Waals surface area (Å²) < 4.78 is 5.48. The Kier molecular flexibility index (Phi) is 8.17. The second-order valence-electron chi connectivity index (χ2n) is 4.26. The number of nitrogens with two attached hydrogens (primary N) is 1. The summed E-state index contributed by atoms with van der Waals surface area (Å²) in [4.78, 5) is 17.7. The third-order valence-corrected chi connectivity index (χ3v) is 3.55. The van der Waals surface area contributed by atoms with Crippen molar-refractivity contribution in [2.24, 2.45) is 5.73 Å². The average Bonchev–Trinajstić information content (AvgIpc) is 2.76. The van der Waals surface area contributed by atoms with Crippen LogP contribution in [0, 0.1) is 0 Å². The molecule has 7 heteroatoms. The smallest absolute Gasteiger partial charge is 0.239 e. The Morgan fingerprint density at radius 3 is 2.74 bits per heavy atom. The number of thiazole rings is 1. The van der Waals surface area contributed by atoms with Crippen molar-refractivity contribution in [3.63, 3.8) is 0 Å². The van der Waals surface area contributed by atoms with Crippen LogP contribution in [0.3, 0.4) is 0 Å². The molecule has 0 aliphatic carbocycles. The molecule has 2 unspecified atom stereocenters. The number of hydrogen-bond donors (Lipinski definition) is 1. The Labute approximate surface area is 124 Å². The third-order valence-electron chi connectivity index (χ3n) is 2.50. The predicted molar refractivity (Wildman–Crippen MR) is 79.5 cm³/mol. The van der Waals surface area contributed by atoms with Crippen molar-refractivity contribution in [3.05, 3.63) is 16.1 Å². The SMILES string of the molecule is CCOC(C)c1nc(CN(C)C(=O)C(C)N)cs1.Cl. The lowest BCUT2D eigenvalue weighted by Crippen LogP contribution is -2.39. The van der Waals surface area contributed by atoms with Gasteiger partial charge in [0.05, 0.1) is 18.3 Å². The van der Waals surface area contributed by atoms with E-state index in [1.54, 1.807) is 30.2 Å². The van der Waals surface area contributed by atoms with Gasteiger partial charge in [0.25, 0.3) is 0 Å². The molecule has 0 aromatic carbocycles. The largest absolute Gasteiger partial charge is 0.372 e. The number of rotatable bonds is 6. The lowest BCUT2D eigenvalue weighted by molar-refractivity contribution is -0.131. The minimum Gasteiger partial charge on any atom is -0.372 e. The molecule has 19 heavy (non-hydrogen) atoms. The van der Waals surface area contributed by atoms with Gasteiger partial charge >= 0.3 is 0 Å². The third kappa shape index (κ3) is 5.44. The van der Waals surface area contributed by atoms with E-state index in [1.165, 1.54) is 0 Å².